The van der Waals surface area contributed by atoms with Crippen LogP contribution in [0.4, 0.5) is 4.39 Å². The van der Waals surface area contributed by atoms with Crippen LogP contribution in [0.3, 0.4) is 0 Å². The smallest absolute Gasteiger partial charge is 0.251 e. The fourth-order valence-electron chi connectivity index (χ4n) is 5.51. The Balaban J connectivity index is 1.09. The van der Waals surface area contributed by atoms with Gasteiger partial charge in [-0.3, -0.25) is 9.36 Å². The monoisotopic (exact) mass is 449 g/mol. The van der Waals surface area contributed by atoms with Crippen molar-refractivity contribution in [3.63, 3.8) is 0 Å². The van der Waals surface area contributed by atoms with Crippen molar-refractivity contribution >= 4 is 10.9 Å². The quantitative estimate of drug-likeness (QED) is 0.646. The third-order valence-electron chi connectivity index (χ3n) is 7.28. The minimum absolute atomic E-state index is 0.102. The first-order valence-electron chi connectivity index (χ1n) is 11.9. The van der Waals surface area contributed by atoms with Crippen LogP contribution in [0.2, 0.25) is 0 Å². The van der Waals surface area contributed by atoms with Crippen molar-refractivity contribution in [2.75, 3.05) is 26.2 Å². The molecule has 0 saturated carbocycles. The van der Waals surface area contributed by atoms with Crippen LogP contribution in [0.25, 0.3) is 10.9 Å². The van der Waals surface area contributed by atoms with Crippen LogP contribution < -0.4 is 15.6 Å². The number of rotatable bonds is 5. The highest BCUT2D eigenvalue weighted by Crippen LogP contribution is 2.34. The molecule has 2 aliphatic heterocycles. The molecule has 0 unspecified atom stereocenters. The van der Waals surface area contributed by atoms with Crippen molar-refractivity contribution in [3.8, 4) is 5.75 Å². The molecule has 0 radical (unpaired) electrons. The van der Waals surface area contributed by atoms with Crippen LogP contribution >= 0.6 is 0 Å². The third-order valence-corrected chi connectivity index (χ3v) is 7.28. The second kappa shape index (κ2) is 8.50. The van der Waals surface area contributed by atoms with E-state index in [0.29, 0.717) is 18.2 Å². The van der Waals surface area contributed by atoms with Gasteiger partial charge < -0.3 is 15.0 Å². The number of hydrogen-bond donors (Lipinski definition) is 1. The molecule has 33 heavy (non-hydrogen) atoms. The number of aryl methyl sites for hydroxylation is 2. The lowest BCUT2D eigenvalue weighted by molar-refractivity contribution is 0.137. The summed E-state index contributed by atoms with van der Waals surface area (Å²) < 4.78 is 21.8. The van der Waals surface area contributed by atoms with E-state index in [0.717, 1.165) is 62.9 Å². The van der Waals surface area contributed by atoms with Crippen LogP contribution in [-0.4, -0.2) is 51.9 Å². The van der Waals surface area contributed by atoms with Gasteiger partial charge in [0.05, 0.1) is 22.9 Å². The van der Waals surface area contributed by atoms with E-state index in [4.69, 9.17) is 4.74 Å². The SMILES string of the molecule is O=c1ccc2ccc(F)c3c2n1[C@H](CN1CCC(NCc2cc4c(nn2)CCC4)CC1)CO3. The molecular weight excluding hydrogens is 421 g/mol. The molecule has 172 valence electrons. The lowest BCUT2D eigenvalue weighted by Gasteiger charge is -2.36. The maximum atomic E-state index is 14.3. The molecule has 3 aliphatic rings. The minimum atomic E-state index is -0.416. The zero-order valence-corrected chi connectivity index (χ0v) is 18.6. The molecule has 0 amide bonds. The molecule has 1 atom stereocenters. The molecule has 0 bridgehead atoms. The Bertz CT molecular complexity index is 1250. The molecule has 2 aromatic heterocycles. The Morgan fingerprint density at radius 2 is 1.97 bits per heavy atom. The fourth-order valence-corrected chi connectivity index (χ4v) is 5.51. The van der Waals surface area contributed by atoms with Gasteiger partial charge in [0.1, 0.15) is 6.61 Å². The number of nitrogens with one attached hydrogen (secondary N) is 1. The lowest BCUT2D eigenvalue weighted by Crippen LogP contribution is -2.46. The van der Waals surface area contributed by atoms with Crippen molar-refractivity contribution in [3.05, 3.63) is 63.5 Å². The fraction of sp³-hybridized carbons (Fsp3) is 0.480. The molecule has 1 N–H and O–H groups in total. The zero-order valence-electron chi connectivity index (χ0n) is 18.6. The minimum Gasteiger partial charge on any atom is -0.486 e. The maximum absolute atomic E-state index is 14.3. The maximum Gasteiger partial charge on any atom is 0.251 e. The predicted octanol–water partition coefficient (Wildman–Crippen LogP) is 2.61. The number of piperidine rings is 1. The van der Waals surface area contributed by atoms with Crippen molar-refractivity contribution in [2.45, 2.75) is 50.7 Å². The highest BCUT2D eigenvalue weighted by molar-refractivity contribution is 5.85. The van der Waals surface area contributed by atoms with E-state index in [1.807, 2.05) is 0 Å². The van der Waals surface area contributed by atoms with E-state index in [9.17, 15) is 9.18 Å². The third kappa shape index (κ3) is 3.91. The lowest BCUT2D eigenvalue weighted by atomic mass is 10.0. The van der Waals surface area contributed by atoms with E-state index in [1.54, 1.807) is 22.8 Å². The van der Waals surface area contributed by atoms with Gasteiger partial charge in [-0.25, -0.2) is 4.39 Å². The summed E-state index contributed by atoms with van der Waals surface area (Å²) in [5.74, 6) is -0.223. The average molecular weight is 450 g/mol. The second-order valence-electron chi connectivity index (χ2n) is 9.44. The molecule has 1 saturated heterocycles. The summed E-state index contributed by atoms with van der Waals surface area (Å²) in [5.41, 5.74) is 4.02. The standard InChI is InChI=1S/C25H28FN5O2/c26-21-6-4-16-5-7-23(32)31-20(15-33-25(21)24(16)31)14-30-10-8-18(9-11-30)27-13-19-12-17-2-1-3-22(17)29-28-19/h4-7,12,18,20,27H,1-3,8-11,13-15H2/t20-/m1/s1. The summed E-state index contributed by atoms with van der Waals surface area (Å²) in [4.78, 5) is 15.1. The second-order valence-corrected chi connectivity index (χ2v) is 9.44. The number of halogens is 1. The Kier molecular flexibility index (Phi) is 5.34. The van der Waals surface area contributed by atoms with Gasteiger partial charge in [-0.15, -0.1) is 0 Å². The van der Waals surface area contributed by atoms with Crippen LogP contribution in [0.5, 0.6) is 5.75 Å². The first kappa shape index (κ1) is 20.7. The zero-order chi connectivity index (χ0) is 22.4. The van der Waals surface area contributed by atoms with Crippen molar-refractivity contribution in [2.24, 2.45) is 0 Å². The Hall–Kier alpha value is -2.84. The van der Waals surface area contributed by atoms with Gasteiger partial charge in [-0.2, -0.15) is 10.2 Å². The summed E-state index contributed by atoms with van der Waals surface area (Å²) in [6, 6.07) is 8.95. The Morgan fingerprint density at radius 1 is 1.12 bits per heavy atom. The average Bonchev–Trinajstić information content (AvgIpc) is 3.31. The van der Waals surface area contributed by atoms with Crippen molar-refractivity contribution in [1.29, 1.82) is 0 Å². The largest absolute Gasteiger partial charge is 0.486 e. The highest BCUT2D eigenvalue weighted by Gasteiger charge is 2.29. The van der Waals surface area contributed by atoms with E-state index >= 15 is 0 Å². The van der Waals surface area contributed by atoms with Gasteiger partial charge in [-0.05, 0) is 75.0 Å². The number of nitrogens with zero attached hydrogens (tertiary/aromatic N) is 4. The Labute approximate surface area is 191 Å². The van der Waals surface area contributed by atoms with Gasteiger partial charge in [0, 0.05) is 30.6 Å². The molecule has 4 heterocycles. The summed E-state index contributed by atoms with van der Waals surface area (Å²) >= 11 is 0. The van der Waals surface area contributed by atoms with E-state index < -0.39 is 5.82 Å². The molecule has 8 heteroatoms. The number of likely N-dealkylation sites (tertiary alicyclic amines) is 1. The predicted molar refractivity (Wildman–Crippen MR) is 123 cm³/mol. The number of aromatic nitrogens is 3. The molecule has 1 aromatic carbocycles. The molecule has 6 rings (SSSR count). The number of fused-ring (bicyclic) bond motifs is 1. The van der Waals surface area contributed by atoms with E-state index in [-0.39, 0.29) is 17.4 Å². The van der Waals surface area contributed by atoms with E-state index in [1.165, 1.54) is 23.7 Å². The van der Waals surface area contributed by atoms with Gasteiger partial charge in [-0.1, -0.05) is 0 Å². The summed E-state index contributed by atoms with van der Waals surface area (Å²) in [5, 5.41) is 13.2. The van der Waals surface area contributed by atoms with Crippen LogP contribution in [0, 0.1) is 5.82 Å². The molecule has 0 spiro atoms. The molecule has 3 aromatic rings. The molecule has 1 fully saturated rings. The highest BCUT2D eigenvalue weighted by atomic mass is 19.1. The van der Waals surface area contributed by atoms with Crippen molar-refractivity contribution in [1.82, 2.24) is 25.0 Å². The summed E-state index contributed by atoms with van der Waals surface area (Å²) in [6.45, 7) is 3.68. The number of pyridine rings is 1. The van der Waals surface area contributed by atoms with Crippen molar-refractivity contribution < 1.29 is 9.13 Å². The Morgan fingerprint density at radius 3 is 2.85 bits per heavy atom. The normalized spacial score (nSPS) is 20.7. The molecular formula is C25H28FN5O2. The summed E-state index contributed by atoms with van der Waals surface area (Å²) in [7, 11) is 0. The molecule has 7 nitrogen and oxygen atoms in total. The number of benzene rings is 1. The summed E-state index contributed by atoms with van der Waals surface area (Å²) in [6.07, 6.45) is 5.44. The number of hydrogen-bond acceptors (Lipinski definition) is 6. The van der Waals surface area contributed by atoms with Crippen LogP contribution in [0.15, 0.2) is 35.1 Å². The van der Waals surface area contributed by atoms with Gasteiger partial charge >= 0.3 is 0 Å². The molecule has 1 aliphatic carbocycles. The number of ether oxygens (including phenoxy) is 1. The first-order valence-corrected chi connectivity index (χ1v) is 11.9. The van der Waals surface area contributed by atoms with Gasteiger partial charge in [0.25, 0.3) is 5.56 Å². The van der Waals surface area contributed by atoms with Crippen LogP contribution in [-0.2, 0) is 19.4 Å². The van der Waals surface area contributed by atoms with Gasteiger partial charge in [0.15, 0.2) is 11.6 Å². The van der Waals surface area contributed by atoms with Gasteiger partial charge in [0.2, 0.25) is 0 Å². The van der Waals surface area contributed by atoms with E-state index in [2.05, 4.69) is 26.5 Å². The topological polar surface area (TPSA) is 72.3 Å². The first-order chi connectivity index (χ1) is 16.2. The van der Waals surface area contributed by atoms with Crippen LogP contribution in [0.1, 0.15) is 42.3 Å².